The number of thiophene rings is 1. The van der Waals surface area contributed by atoms with E-state index in [2.05, 4.69) is 34.0 Å². The minimum absolute atomic E-state index is 0.297. The lowest BCUT2D eigenvalue weighted by Gasteiger charge is -2.16. The minimum atomic E-state index is 0.297. The van der Waals surface area contributed by atoms with Crippen LogP contribution in [0.3, 0.4) is 0 Å². The van der Waals surface area contributed by atoms with Crippen molar-refractivity contribution >= 4 is 45.6 Å². The SMILES string of the molecule is CC(Cc1cccs1)n1c(CCl)nc2ccc(Cl)cc21. The summed E-state index contributed by atoms with van der Waals surface area (Å²) in [7, 11) is 0. The van der Waals surface area contributed by atoms with Crippen LogP contribution in [-0.2, 0) is 12.3 Å². The third-order valence-corrected chi connectivity index (χ3v) is 4.73. The normalized spacial score (nSPS) is 12.9. The molecule has 0 spiro atoms. The summed E-state index contributed by atoms with van der Waals surface area (Å²) in [6.07, 6.45) is 0.972. The second kappa shape index (κ2) is 5.76. The fourth-order valence-corrected chi connectivity index (χ4v) is 3.69. The second-order valence-electron chi connectivity index (χ2n) is 4.80. The van der Waals surface area contributed by atoms with Crippen molar-refractivity contribution in [1.82, 2.24) is 9.55 Å². The topological polar surface area (TPSA) is 17.8 Å². The zero-order chi connectivity index (χ0) is 14.1. The van der Waals surface area contributed by atoms with Crippen molar-refractivity contribution in [3.63, 3.8) is 0 Å². The first-order valence-electron chi connectivity index (χ1n) is 6.43. The van der Waals surface area contributed by atoms with Crippen molar-refractivity contribution in [2.24, 2.45) is 0 Å². The third kappa shape index (κ3) is 2.58. The first kappa shape index (κ1) is 13.9. The van der Waals surface area contributed by atoms with Gasteiger partial charge in [-0.15, -0.1) is 22.9 Å². The summed E-state index contributed by atoms with van der Waals surface area (Å²) in [5.74, 6) is 1.30. The Hall–Kier alpha value is -1.03. The summed E-state index contributed by atoms with van der Waals surface area (Å²) in [4.78, 5) is 5.96. The van der Waals surface area contributed by atoms with Crippen molar-refractivity contribution in [2.75, 3.05) is 0 Å². The molecule has 1 atom stereocenters. The molecule has 2 nitrogen and oxygen atoms in total. The highest BCUT2D eigenvalue weighted by molar-refractivity contribution is 7.09. The van der Waals surface area contributed by atoms with Crippen LogP contribution in [-0.4, -0.2) is 9.55 Å². The number of fused-ring (bicyclic) bond motifs is 1. The quantitative estimate of drug-likeness (QED) is 0.596. The van der Waals surface area contributed by atoms with Gasteiger partial charge >= 0.3 is 0 Å². The van der Waals surface area contributed by atoms with Crippen LogP contribution in [0, 0.1) is 0 Å². The van der Waals surface area contributed by atoms with E-state index < -0.39 is 0 Å². The fourth-order valence-electron chi connectivity index (χ4n) is 2.51. The number of alkyl halides is 1. The predicted octanol–water partition coefficient (Wildman–Crippen LogP) is 5.29. The summed E-state index contributed by atoms with van der Waals surface area (Å²) in [6, 6.07) is 10.3. The predicted molar refractivity (Wildman–Crippen MR) is 87.0 cm³/mol. The number of hydrogen-bond acceptors (Lipinski definition) is 2. The molecule has 0 fully saturated rings. The van der Waals surface area contributed by atoms with Crippen LogP contribution in [0.2, 0.25) is 5.02 Å². The number of benzene rings is 1. The van der Waals surface area contributed by atoms with E-state index in [9.17, 15) is 0 Å². The van der Waals surface area contributed by atoms with Crippen molar-refractivity contribution in [2.45, 2.75) is 25.3 Å². The van der Waals surface area contributed by atoms with Gasteiger partial charge in [-0.3, -0.25) is 0 Å². The molecule has 0 N–H and O–H groups in total. The van der Waals surface area contributed by atoms with Crippen LogP contribution in [0.5, 0.6) is 0 Å². The fraction of sp³-hybridized carbons (Fsp3) is 0.267. The first-order valence-corrected chi connectivity index (χ1v) is 8.23. The molecule has 1 aromatic carbocycles. The number of nitrogens with zero attached hydrogens (tertiary/aromatic N) is 2. The van der Waals surface area contributed by atoms with E-state index in [1.807, 2.05) is 18.2 Å². The highest BCUT2D eigenvalue weighted by Crippen LogP contribution is 2.27. The van der Waals surface area contributed by atoms with Gasteiger partial charge < -0.3 is 4.57 Å². The molecule has 104 valence electrons. The molecule has 20 heavy (non-hydrogen) atoms. The third-order valence-electron chi connectivity index (χ3n) is 3.36. The summed E-state index contributed by atoms with van der Waals surface area (Å²) in [6.45, 7) is 2.19. The van der Waals surface area contributed by atoms with Gasteiger partial charge in [0.15, 0.2) is 0 Å². The molecule has 0 saturated carbocycles. The van der Waals surface area contributed by atoms with Gasteiger partial charge in [-0.25, -0.2) is 4.98 Å². The van der Waals surface area contributed by atoms with E-state index in [1.54, 1.807) is 11.3 Å². The Morgan fingerprint density at radius 2 is 2.20 bits per heavy atom. The Morgan fingerprint density at radius 3 is 2.90 bits per heavy atom. The van der Waals surface area contributed by atoms with Crippen molar-refractivity contribution < 1.29 is 0 Å². The standard InChI is InChI=1S/C15H14Cl2N2S/c1-10(7-12-3-2-6-20-12)19-14-8-11(17)4-5-13(14)18-15(19)9-16/h2-6,8,10H,7,9H2,1H3. The molecule has 1 unspecified atom stereocenters. The average molecular weight is 325 g/mol. The van der Waals surface area contributed by atoms with Crippen LogP contribution in [0.1, 0.15) is 23.7 Å². The van der Waals surface area contributed by atoms with Gasteiger partial charge in [0, 0.05) is 22.4 Å². The van der Waals surface area contributed by atoms with Gasteiger partial charge in [0.25, 0.3) is 0 Å². The van der Waals surface area contributed by atoms with Crippen LogP contribution >= 0.6 is 34.5 Å². The molecule has 0 radical (unpaired) electrons. The molecule has 3 rings (SSSR count). The lowest BCUT2D eigenvalue weighted by Crippen LogP contribution is -2.10. The van der Waals surface area contributed by atoms with Gasteiger partial charge in [-0.1, -0.05) is 17.7 Å². The summed E-state index contributed by atoms with van der Waals surface area (Å²) < 4.78 is 2.20. The Balaban J connectivity index is 2.06. The molecule has 0 aliphatic rings. The highest BCUT2D eigenvalue weighted by atomic mass is 35.5. The zero-order valence-electron chi connectivity index (χ0n) is 11.0. The molecule has 0 saturated heterocycles. The van der Waals surface area contributed by atoms with Gasteiger partial charge in [0.05, 0.1) is 16.9 Å². The Kier molecular flexibility index (Phi) is 4.01. The monoisotopic (exact) mass is 324 g/mol. The largest absolute Gasteiger partial charge is 0.324 e. The molecule has 0 bridgehead atoms. The van der Waals surface area contributed by atoms with Gasteiger partial charge in [-0.2, -0.15) is 0 Å². The van der Waals surface area contributed by atoms with Crippen LogP contribution in [0.15, 0.2) is 35.7 Å². The molecule has 0 aliphatic carbocycles. The minimum Gasteiger partial charge on any atom is -0.324 e. The van der Waals surface area contributed by atoms with E-state index >= 15 is 0 Å². The molecule has 2 heterocycles. The van der Waals surface area contributed by atoms with Crippen LogP contribution in [0.25, 0.3) is 11.0 Å². The zero-order valence-corrected chi connectivity index (χ0v) is 13.3. The highest BCUT2D eigenvalue weighted by Gasteiger charge is 2.16. The number of halogens is 2. The van der Waals surface area contributed by atoms with Gasteiger partial charge in [0.1, 0.15) is 5.82 Å². The number of rotatable bonds is 4. The van der Waals surface area contributed by atoms with E-state index in [0.29, 0.717) is 11.9 Å². The summed E-state index contributed by atoms with van der Waals surface area (Å²) in [5.41, 5.74) is 2.00. The average Bonchev–Trinajstić information content (AvgIpc) is 3.04. The lowest BCUT2D eigenvalue weighted by molar-refractivity contribution is 0.547. The van der Waals surface area contributed by atoms with Gasteiger partial charge in [0.2, 0.25) is 0 Å². The number of hydrogen-bond donors (Lipinski definition) is 0. The van der Waals surface area contributed by atoms with Crippen LogP contribution < -0.4 is 0 Å². The van der Waals surface area contributed by atoms with Crippen molar-refractivity contribution in [1.29, 1.82) is 0 Å². The van der Waals surface area contributed by atoms with Crippen molar-refractivity contribution in [3.8, 4) is 0 Å². The van der Waals surface area contributed by atoms with Gasteiger partial charge in [-0.05, 0) is 36.6 Å². The smallest absolute Gasteiger partial charge is 0.125 e. The Bertz CT molecular complexity index is 719. The summed E-state index contributed by atoms with van der Waals surface area (Å²) in [5, 5.41) is 2.83. The maximum Gasteiger partial charge on any atom is 0.125 e. The molecule has 3 aromatic rings. The molecule has 0 amide bonds. The molecular formula is C15H14Cl2N2S. The van der Waals surface area contributed by atoms with Crippen LogP contribution in [0.4, 0.5) is 0 Å². The van der Waals surface area contributed by atoms with E-state index in [1.165, 1.54) is 4.88 Å². The maximum atomic E-state index is 6.12. The first-order chi connectivity index (χ1) is 9.69. The van der Waals surface area contributed by atoms with E-state index in [-0.39, 0.29) is 0 Å². The molecule has 2 aromatic heterocycles. The Morgan fingerprint density at radius 1 is 1.35 bits per heavy atom. The molecule has 0 aliphatic heterocycles. The van der Waals surface area contributed by atoms with E-state index in [4.69, 9.17) is 23.2 Å². The molecule has 5 heteroatoms. The van der Waals surface area contributed by atoms with E-state index in [0.717, 1.165) is 28.3 Å². The maximum absolute atomic E-state index is 6.12. The van der Waals surface area contributed by atoms with Crippen molar-refractivity contribution in [3.05, 3.63) is 51.4 Å². The molecular weight excluding hydrogens is 311 g/mol. The Labute approximate surface area is 132 Å². The lowest BCUT2D eigenvalue weighted by atomic mass is 10.2. The summed E-state index contributed by atoms with van der Waals surface area (Å²) >= 11 is 14.0. The number of imidazole rings is 1. The second-order valence-corrected chi connectivity index (χ2v) is 6.53. The number of aromatic nitrogens is 2.